The minimum absolute atomic E-state index is 0.0249. The smallest absolute Gasteiger partial charge is 0.332 e. The summed E-state index contributed by atoms with van der Waals surface area (Å²) >= 11 is 0. The third-order valence-electron chi connectivity index (χ3n) is 2.94. The molecule has 0 aromatic heterocycles. The lowest BCUT2D eigenvalue weighted by molar-refractivity contribution is 0.249. The number of carbonyl (C=O) groups excluding carboxylic acids is 1. The van der Waals surface area contributed by atoms with E-state index in [0.717, 1.165) is 0 Å². The lowest BCUT2D eigenvalue weighted by atomic mass is 10.2. The first kappa shape index (κ1) is 16.3. The number of halogens is 1. The molecule has 0 saturated heterocycles. The Bertz CT molecular complexity index is 719. The van der Waals surface area contributed by atoms with E-state index in [1.54, 1.807) is 36.4 Å². The van der Waals surface area contributed by atoms with Gasteiger partial charge in [0.05, 0.1) is 13.3 Å². The van der Waals surface area contributed by atoms with Crippen LogP contribution in [0.25, 0.3) is 0 Å². The molecule has 0 aliphatic rings. The Morgan fingerprint density at radius 3 is 2.78 bits per heavy atom. The molecule has 2 amide bonds. The van der Waals surface area contributed by atoms with Gasteiger partial charge in [-0.1, -0.05) is 24.3 Å². The number of rotatable bonds is 6. The second-order valence-corrected chi connectivity index (χ2v) is 4.49. The van der Waals surface area contributed by atoms with Gasteiger partial charge >= 0.3 is 6.03 Å². The van der Waals surface area contributed by atoms with Gasteiger partial charge in [0.2, 0.25) is 0 Å². The highest BCUT2D eigenvalue weighted by atomic mass is 19.1. The molecule has 2 rings (SSSR count). The second kappa shape index (κ2) is 7.79. The standard InChI is InChI=1S/C16H16FN3O3/c1-22-14-8-4-6-11(9-19-20-16(18)21)15(14)23-10-12-5-2-3-7-13(12)17/h2-9H,10H2,1H3,(H3,18,20,21). The van der Waals surface area contributed by atoms with Gasteiger partial charge in [-0.05, 0) is 18.2 Å². The Balaban J connectivity index is 2.23. The van der Waals surface area contributed by atoms with Crippen molar-refractivity contribution in [2.24, 2.45) is 10.8 Å². The molecule has 3 N–H and O–H groups in total. The largest absolute Gasteiger partial charge is 0.493 e. The maximum Gasteiger partial charge on any atom is 0.332 e. The van der Waals surface area contributed by atoms with Gasteiger partial charge in [-0.15, -0.1) is 0 Å². The molecule has 0 radical (unpaired) electrons. The summed E-state index contributed by atoms with van der Waals surface area (Å²) in [6.07, 6.45) is 1.37. The number of para-hydroxylation sites is 1. The van der Waals surface area contributed by atoms with Gasteiger partial charge in [0, 0.05) is 11.1 Å². The average Bonchev–Trinajstić information content (AvgIpc) is 2.54. The number of methoxy groups -OCH3 is 1. The number of hydrazone groups is 1. The van der Waals surface area contributed by atoms with Gasteiger partial charge in [0.1, 0.15) is 12.4 Å². The quantitative estimate of drug-likeness (QED) is 0.633. The number of nitrogens with one attached hydrogen (secondary N) is 1. The van der Waals surface area contributed by atoms with E-state index in [0.29, 0.717) is 22.6 Å². The monoisotopic (exact) mass is 317 g/mol. The van der Waals surface area contributed by atoms with Crippen molar-refractivity contribution in [1.29, 1.82) is 0 Å². The fourth-order valence-corrected chi connectivity index (χ4v) is 1.88. The lowest BCUT2D eigenvalue weighted by Crippen LogP contribution is -2.24. The summed E-state index contributed by atoms with van der Waals surface area (Å²) in [6, 6.07) is 10.7. The third kappa shape index (κ3) is 4.44. The molecule has 0 heterocycles. The van der Waals surface area contributed by atoms with Gasteiger partial charge in [0.25, 0.3) is 0 Å². The first-order valence-corrected chi connectivity index (χ1v) is 6.73. The zero-order chi connectivity index (χ0) is 16.7. The first-order chi connectivity index (χ1) is 11.1. The summed E-state index contributed by atoms with van der Waals surface area (Å²) in [6.45, 7) is 0.0249. The van der Waals surface area contributed by atoms with E-state index in [1.807, 2.05) is 0 Å². The summed E-state index contributed by atoms with van der Waals surface area (Å²) in [5.74, 6) is 0.491. The van der Waals surface area contributed by atoms with Crippen molar-refractivity contribution in [3.05, 3.63) is 59.4 Å². The van der Waals surface area contributed by atoms with Crippen LogP contribution in [0.5, 0.6) is 11.5 Å². The van der Waals surface area contributed by atoms with Crippen LogP contribution in [-0.4, -0.2) is 19.4 Å². The summed E-state index contributed by atoms with van der Waals surface area (Å²) in [5, 5.41) is 3.69. The number of carbonyl (C=O) groups is 1. The minimum Gasteiger partial charge on any atom is -0.493 e. The Labute approximate surface area is 132 Å². The predicted molar refractivity (Wildman–Crippen MR) is 84.0 cm³/mol. The number of nitrogens with two attached hydrogens (primary N) is 1. The average molecular weight is 317 g/mol. The number of primary amides is 1. The van der Waals surface area contributed by atoms with Crippen LogP contribution in [0.1, 0.15) is 11.1 Å². The van der Waals surface area contributed by atoms with Crippen molar-refractivity contribution in [2.75, 3.05) is 7.11 Å². The van der Waals surface area contributed by atoms with Gasteiger partial charge in [-0.3, -0.25) is 0 Å². The lowest BCUT2D eigenvalue weighted by Gasteiger charge is -2.13. The van der Waals surface area contributed by atoms with Crippen molar-refractivity contribution in [3.8, 4) is 11.5 Å². The molecular weight excluding hydrogens is 301 g/mol. The molecule has 0 aliphatic carbocycles. The third-order valence-corrected chi connectivity index (χ3v) is 2.94. The molecule has 0 unspecified atom stereocenters. The number of amides is 2. The fourth-order valence-electron chi connectivity index (χ4n) is 1.88. The van der Waals surface area contributed by atoms with Gasteiger partial charge < -0.3 is 15.2 Å². The molecule has 0 spiro atoms. The maximum atomic E-state index is 13.7. The van der Waals surface area contributed by atoms with E-state index in [4.69, 9.17) is 15.2 Å². The predicted octanol–water partition coefficient (Wildman–Crippen LogP) is 2.42. The number of nitrogens with zero attached hydrogens (tertiary/aromatic N) is 1. The zero-order valence-corrected chi connectivity index (χ0v) is 12.5. The van der Waals surface area contributed by atoms with Crippen molar-refractivity contribution in [2.45, 2.75) is 6.61 Å². The van der Waals surface area contributed by atoms with Crippen LogP contribution in [0.15, 0.2) is 47.6 Å². The number of ether oxygens (including phenoxy) is 2. The molecule has 0 fully saturated rings. The van der Waals surface area contributed by atoms with Gasteiger partial charge in [0.15, 0.2) is 11.5 Å². The highest BCUT2D eigenvalue weighted by Crippen LogP contribution is 2.31. The molecule has 2 aromatic rings. The van der Waals surface area contributed by atoms with E-state index >= 15 is 0 Å². The summed E-state index contributed by atoms with van der Waals surface area (Å²) in [4.78, 5) is 10.6. The van der Waals surface area contributed by atoms with E-state index < -0.39 is 6.03 Å². The van der Waals surface area contributed by atoms with Gasteiger partial charge in [-0.25, -0.2) is 14.6 Å². The topological polar surface area (TPSA) is 85.9 Å². The normalized spacial score (nSPS) is 10.5. The number of urea groups is 1. The number of hydrogen-bond donors (Lipinski definition) is 2. The van der Waals surface area contributed by atoms with Crippen molar-refractivity contribution < 1.29 is 18.7 Å². The van der Waals surface area contributed by atoms with Crippen LogP contribution in [0.2, 0.25) is 0 Å². The molecule has 120 valence electrons. The molecule has 0 aliphatic heterocycles. The summed E-state index contributed by atoms with van der Waals surface area (Å²) in [5.41, 5.74) is 8.00. The summed E-state index contributed by atoms with van der Waals surface area (Å²) < 4.78 is 24.6. The Morgan fingerprint density at radius 2 is 2.09 bits per heavy atom. The molecule has 7 heteroatoms. The molecular formula is C16H16FN3O3. The highest BCUT2D eigenvalue weighted by molar-refractivity contribution is 5.86. The molecule has 6 nitrogen and oxygen atoms in total. The van der Waals surface area contributed by atoms with Crippen molar-refractivity contribution in [3.63, 3.8) is 0 Å². The fraction of sp³-hybridized carbons (Fsp3) is 0.125. The highest BCUT2D eigenvalue weighted by Gasteiger charge is 2.11. The molecule has 0 atom stereocenters. The minimum atomic E-state index is -0.780. The number of benzene rings is 2. The molecule has 23 heavy (non-hydrogen) atoms. The van der Waals surface area contributed by atoms with Crippen molar-refractivity contribution >= 4 is 12.2 Å². The Kier molecular flexibility index (Phi) is 5.51. The molecule has 2 aromatic carbocycles. The van der Waals surface area contributed by atoms with E-state index in [9.17, 15) is 9.18 Å². The second-order valence-electron chi connectivity index (χ2n) is 4.49. The zero-order valence-electron chi connectivity index (χ0n) is 12.5. The summed E-state index contributed by atoms with van der Waals surface area (Å²) in [7, 11) is 1.49. The van der Waals surface area contributed by atoms with E-state index in [2.05, 4.69) is 10.5 Å². The first-order valence-electron chi connectivity index (χ1n) is 6.73. The van der Waals surface area contributed by atoms with Crippen LogP contribution in [0, 0.1) is 5.82 Å². The molecule has 0 bridgehead atoms. The maximum absolute atomic E-state index is 13.7. The van der Waals surface area contributed by atoms with Gasteiger partial charge in [-0.2, -0.15) is 5.10 Å². The Hall–Kier alpha value is -3.09. The van der Waals surface area contributed by atoms with Crippen LogP contribution < -0.4 is 20.6 Å². The SMILES string of the molecule is COc1cccc(C=NNC(N)=O)c1OCc1ccccc1F. The van der Waals surface area contributed by atoms with E-state index in [1.165, 1.54) is 19.4 Å². The van der Waals surface area contributed by atoms with Crippen LogP contribution in [0.3, 0.4) is 0 Å². The van der Waals surface area contributed by atoms with Crippen LogP contribution in [0.4, 0.5) is 9.18 Å². The van der Waals surface area contributed by atoms with Crippen molar-refractivity contribution in [1.82, 2.24) is 5.43 Å². The van der Waals surface area contributed by atoms with Crippen LogP contribution >= 0.6 is 0 Å². The van der Waals surface area contributed by atoms with E-state index in [-0.39, 0.29) is 12.4 Å². The molecule has 0 saturated carbocycles. The number of hydrogen-bond acceptors (Lipinski definition) is 4. The Morgan fingerprint density at radius 1 is 1.30 bits per heavy atom. The van der Waals surface area contributed by atoms with Crippen LogP contribution in [-0.2, 0) is 6.61 Å².